The number of methoxy groups -OCH3 is 1. The second-order valence-electron chi connectivity index (χ2n) is 9.01. The highest BCUT2D eigenvalue weighted by Gasteiger charge is 2.32. The first-order valence-electron chi connectivity index (χ1n) is 11.6. The van der Waals surface area contributed by atoms with Gasteiger partial charge in [-0.25, -0.2) is 14.2 Å². The van der Waals surface area contributed by atoms with Crippen LogP contribution in [0.2, 0.25) is 0 Å². The molecule has 36 heavy (non-hydrogen) atoms. The molecule has 2 aromatic heterocycles. The average Bonchev–Trinajstić information content (AvgIpc) is 3.60. The lowest BCUT2D eigenvalue weighted by atomic mass is 10.1. The normalized spacial score (nSPS) is 16.4. The van der Waals surface area contributed by atoms with Crippen molar-refractivity contribution in [1.29, 1.82) is 0 Å². The fourth-order valence-corrected chi connectivity index (χ4v) is 5.35. The Labute approximate surface area is 209 Å². The predicted molar refractivity (Wildman–Crippen MR) is 134 cm³/mol. The third kappa shape index (κ3) is 4.53. The largest absolute Gasteiger partial charge is 0.492 e. The molecule has 12 heteroatoms. The number of hydrogen-bond acceptors (Lipinski definition) is 8. The van der Waals surface area contributed by atoms with Crippen LogP contribution < -0.4 is 20.4 Å². The molecule has 1 aliphatic heterocycles. The van der Waals surface area contributed by atoms with E-state index < -0.39 is 17.2 Å². The molecule has 0 bridgehead atoms. The number of anilines is 2. The van der Waals surface area contributed by atoms with E-state index in [1.165, 1.54) is 24.6 Å². The summed E-state index contributed by atoms with van der Waals surface area (Å²) in [6.07, 6.45) is 4.66. The number of aromatic nitrogens is 2. The number of nitrogens with one attached hydrogen (secondary N) is 1. The fraction of sp³-hybridized carbons (Fsp3) is 0.417. The zero-order chi connectivity index (χ0) is 25.6. The van der Waals surface area contributed by atoms with Crippen LogP contribution >= 0.6 is 11.3 Å². The Morgan fingerprint density at radius 1 is 1.28 bits per heavy atom. The van der Waals surface area contributed by atoms with Crippen LogP contribution in [0.3, 0.4) is 0 Å². The molecule has 10 nitrogen and oxygen atoms in total. The molecule has 1 aliphatic carbocycles. The minimum Gasteiger partial charge on any atom is -0.492 e. The van der Waals surface area contributed by atoms with Gasteiger partial charge in [0.05, 0.1) is 35.8 Å². The number of pyridine rings is 1. The van der Waals surface area contributed by atoms with E-state index in [1.54, 1.807) is 10.8 Å². The van der Waals surface area contributed by atoms with Gasteiger partial charge in [-0.2, -0.15) is 0 Å². The van der Waals surface area contributed by atoms with Crippen LogP contribution in [0.5, 0.6) is 5.75 Å². The summed E-state index contributed by atoms with van der Waals surface area (Å²) in [6.45, 7) is 4.04. The zero-order valence-corrected chi connectivity index (χ0v) is 20.7. The number of amides is 1. The number of rotatable bonds is 7. The lowest BCUT2D eigenvalue weighted by molar-refractivity contribution is -0.117. The Balaban J connectivity index is 1.40. The number of thiazole rings is 1. The number of nitrogens with zero attached hydrogens (tertiary/aromatic N) is 4. The molecule has 0 spiro atoms. The maximum absolute atomic E-state index is 15.5. The minimum absolute atomic E-state index is 0.00601. The number of aromatic carboxylic acids is 1. The number of halogens is 1. The average molecular weight is 516 g/mol. The number of carbonyl (C=O) groups is 2. The molecule has 3 aromatic rings. The van der Waals surface area contributed by atoms with Crippen molar-refractivity contribution in [2.75, 3.05) is 50.1 Å². The van der Waals surface area contributed by atoms with Crippen molar-refractivity contribution in [2.24, 2.45) is 0 Å². The highest BCUT2D eigenvalue weighted by Crippen LogP contribution is 2.43. The van der Waals surface area contributed by atoms with Gasteiger partial charge in [0.15, 0.2) is 11.6 Å². The Hall–Kier alpha value is -3.51. The van der Waals surface area contributed by atoms with Crippen LogP contribution in [-0.2, 0) is 4.79 Å². The van der Waals surface area contributed by atoms with Gasteiger partial charge in [-0.3, -0.25) is 14.5 Å². The van der Waals surface area contributed by atoms with Crippen LogP contribution in [0.15, 0.2) is 23.3 Å². The molecule has 1 amide bonds. The molecular weight excluding hydrogens is 489 g/mol. The summed E-state index contributed by atoms with van der Waals surface area (Å²) < 4.78 is 22.9. The van der Waals surface area contributed by atoms with E-state index in [2.05, 4.69) is 10.3 Å². The van der Waals surface area contributed by atoms with Crippen molar-refractivity contribution >= 4 is 44.8 Å². The van der Waals surface area contributed by atoms with Crippen molar-refractivity contribution in [3.8, 4) is 5.75 Å². The molecule has 1 saturated heterocycles. The van der Waals surface area contributed by atoms with E-state index in [0.29, 0.717) is 36.7 Å². The number of aryl methyl sites for hydroxylation is 1. The number of carboxylic acid groups (broad SMARTS) is 1. The van der Waals surface area contributed by atoms with Gasteiger partial charge in [-0.1, -0.05) is 0 Å². The molecule has 0 radical (unpaired) electrons. The van der Waals surface area contributed by atoms with Gasteiger partial charge in [-0.15, -0.1) is 11.3 Å². The van der Waals surface area contributed by atoms with Gasteiger partial charge in [-0.05, 0) is 25.8 Å². The molecule has 2 fully saturated rings. The molecule has 0 unspecified atom stereocenters. The molecule has 2 aliphatic rings. The maximum atomic E-state index is 15.5. The number of carboxylic acids is 1. The van der Waals surface area contributed by atoms with Gasteiger partial charge in [0.25, 0.3) is 0 Å². The van der Waals surface area contributed by atoms with E-state index in [0.717, 1.165) is 23.9 Å². The quantitative estimate of drug-likeness (QED) is 0.493. The molecule has 190 valence electrons. The van der Waals surface area contributed by atoms with Gasteiger partial charge < -0.3 is 24.6 Å². The number of piperazine rings is 1. The Morgan fingerprint density at radius 2 is 2.00 bits per heavy atom. The monoisotopic (exact) mass is 515 g/mol. The number of carbonyl (C=O) groups excluding carboxylic acids is 1. The first-order valence-corrected chi connectivity index (χ1v) is 12.5. The smallest absolute Gasteiger partial charge is 0.341 e. The number of benzene rings is 1. The molecule has 3 heterocycles. The summed E-state index contributed by atoms with van der Waals surface area (Å²) in [4.78, 5) is 44.9. The number of fused-ring (bicyclic) bond motifs is 1. The second kappa shape index (κ2) is 9.51. The Kier molecular flexibility index (Phi) is 6.39. The molecule has 5 rings (SSSR count). The summed E-state index contributed by atoms with van der Waals surface area (Å²) in [5.41, 5.74) is -0.465. The lowest BCUT2D eigenvalue weighted by Crippen LogP contribution is -2.49. The van der Waals surface area contributed by atoms with Crippen molar-refractivity contribution < 1.29 is 23.8 Å². The maximum Gasteiger partial charge on any atom is 0.341 e. The third-order valence-electron chi connectivity index (χ3n) is 6.51. The van der Waals surface area contributed by atoms with Gasteiger partial charge in [0, 0.05) is 38.4 Å². The van der Waals surface area contributed by atoms with Crippen molar-refractivity contribution in [3.63, 3.8) is 0 Å². The SMILES string of the molecule is COc1c(N2CCN(CC(=O)Nc3cnc(C)s3)CC2)c(F)cc2c(=O)c(C(=O)O)cn(C3CC3)c12. The van der Waals surface area contributed by atoms with E-state index in [1.807, 2.05) is 16.7 Å². The van der Waals surface area contributed by atoms with Crippen LogP contribution in [0.4, 0.5) is 15.1 Å². The first-order chi connectivity index (χ1) is 17.3. The number of hydrogen-bond donors (Lipinski definition) is 2. The Bertz CT molecular complexity index is 1410. The van der Waals surface area contributed by atoms with Crippen LogP contribution in [0.25, 0.3) is 10.9 Å². The van der Waals surface area contributed by atoms with E-state index >= 15 is 4.39 Å². The summed E-state index contributed by atoms with van der Waals surface area (Å²) >= 11 is 1.41. The van der Waals surface area contributed by atoms with Crippen molar-refractivity contribution in [3.05, 3.63) is 45.1 Å². The first kappa shape index (κ1) is 24.2. The van der Waals surface area contributed by atoms with Gasteiger partial charge in [0.2, 0.25) is 11.3 Å². The van der Waals surface area contributed by atoms with E-state index in [9.17, 15) is 19.5 Å². The predicted octanol–water partition coefficient (Wildman–Crippen LogP) is 2.71. The summed E-state index contributed by atoms with van der Waals surface area (Å²) in [5, 5.41) is 13.9. The Morgan fingerprint density at radius 3 is 2.58 bits per heavy atom. The summed E-state index contributed by atoms with van der Waals surface area (Å²) in [5.74, 6) is -1.90. The van der Waals surface area contributed by atoms with Crippen molar-refractivity contribution in [2.45, 2.75) is 25.8 Å². The highest BCUT2D eigenvalue weighted by molar-refractivity contribution is 7.15. The van der Waals surface area contributed by atoms with Crippen LogP contribution in [0, 0.1) is 12.7 Å². The molecular formula is C24H26FN5O5S. The van der Waals surface area contributed by atoms with E-state index in [-0.39, 0.29) is 40.9 Å². The van der Waals surface area contributed by atoms with E-state index in [4.69, 9.17) is 4.74 Å². The highest BCUT2D eigenvalue weighted by atomic mass is 32.1. The fourth-order valence-electron chi connectivity index (χ4n) is 4.65. The molecule has 1 saturated carbocycles. The molecule has 2 N–H and O–H groups in total. The van der Waals surface area contributed by atoms with Crippen LogP contribution in [0.1, 0.15) is 34.2 Å². The lowest BCUT2D eigenvalue weighted by Gasteiger charge is -2.36. The second-order valence-corrected chi connectivity index (χ2v) is 10.2. The number of ether oxygens (including phenoxy) is 1. The standard InChI is InChI=1S/C24H26FN5O5S/c1-13-26-10-19(36-13)27-18(31)12-28-5-7-29(8-6-28)21-17(25)9-15-20(23(21)35-2)30(14-3-4-14)11-16(22(15)32)24(33)34/h9-11,14H,3-8,12H2,1-2H3,(H,27,31)(H,33,34). The third-order valence-corrected chi connectivity index (χ3v) is 7.34. The summed E-state index contributed by atoms with van der Waals surface area (Å²) in [7, 11) is 1.42. The zero-order valence-electron chi connectivity index (χ0n) is 19.9. The van der Waals surface area contributed by atoms with Crippen molar-refractivity contribution in [1.82, 2.24) is 14.5 Å². The molecule has 1 aromatic carbocycles. The molecule has 0 atom stereocenters. The van der Waals surface area contributed by atoms with Gasteiger partial charge >= 0.3 is 5.97 Å². The van der Waals surface area contributed by atoms with Crippen LogP contribution in [-0.4, -0.2) is 71.3 Å². The summed E-state index contributed by atoms with van der Waals surface area (Å²) in [6, 6.07) is 1.16. The topological polar surface area (TPSA) is 117 Å². The van der Waals surface area contributed by atoms with Gasteiger partial charge in [0.1, 0.15) is 16.3 Å². The minimum atomic E-state index is -1.34.